The number of hydrogen-bond acceptors (Lipinski definition) is 3. The lowest BCUT2D eigenvalue weighted by Gasteiger charge is -2.25. The Morgan fingerprint density at radius 1 is 1.33 bits per heavy atom. The monoisotopic (exact) mass is 389 g/mol. The molecule has 1 aromatic carbocycles. The van der Waals surface area contributed by atoms with E-state index in [-0.39, 0.29) is 17.5 Å². The Hall–Kier alpha value is -1.95. The van der Waals surface area contributed by atoms with E-state index in [0.29, 0.717) is 18.8 Å². The molecule has 5 nitrogen and oxygen atoms in total. The Morgan fingerprint density at radius 3 is 2.92 bits per heavy atom. The molecule has 126 valence electrons. The number of carbonyl (C=O) groups is 1. The Balaban J connectivity index is 1.88. The van der Waals surface area contributed by atoms with Crippen LogP contribution in [0.2, 0.25) is 0 Å². The molecular formula is C18H20BrN3O2. The molecule has 1 aliphatic heterocycles. The Bertz CT molecular complexity index is 803. The summed E-state index contributed by atoms with van der Waals surface area (Å²) in [6, 6.07) is 11.1. The van der Waals surface area contributed by atoms with Crippen LogP contribution in [0.4, 0.5) is 0 Å². The van der Waals surface area contributed by atoms with Gasteiger partial charge in [-0.25, -0.2) is 4.68 Å². The Kier molecular flexibility index (Phi) is 5.14. The van der Waals surface area contributed by atoms with Crippen molar-refractivity contribution in [2.75, 3.05) is 6.54 Å². The second-order valence-electron chi connectivity index (χ2n) is 5.99. The molecule has 0 N–H and O–H groups in total. The summed E-state index contributed by atoms with van der Waals surface area (Å²) in [5, 5.41) is 4.26. The minimum atomic E-state index is -0.168. The van der Waals surface area contributed by atoms with Gasteiger partial charge in [0.05, 0.1) is 6.04 Å². The standard InChI is InChI=1S/C18H20BrN3O2/c1-2-10-22-17(23)9-8-15(20-22)18(24)21-11-4-7-16(21)13-5-3-6-14(19)12-13/h3,5-6,8-9,12,16H,2,4,7,10-11H2,1H3. The van der Waals surface area contributed by atoms with Gasteiger partial charge < -0.3 is 4.90 Å². The number of benzene rings is 1. The largest absolute Gasteiger partial charge is 0.330 e. The first-order valence-electron chi connectivity index (χ1n) is 8.24. The zero-order valence-electron chi connectivity index (χ0n) is 13.6. The number of amides is 1. The number of aromatic nitrogens is 2. The van der Waals surface area contributed by atoms with E-state index >= 15 is 0 Å². The van der Waals surface area contributed by atoms with Crippen LogP contribution in [-0.2, 0) is 6.54 Å². The second kappa shape index (κ2) is 7.30. The van der Waals surface area contributed by atoms with Crippen molar-refractivity contribution in [3.05, 3.63) is 62.5 Å². The van der Waals surface area contributed by atoms with Gasteiger partial charge in [-0.15, -0.1) is 0 Å². The van der Waals surface area contributed by atoms with Gasteiger partial charge in [0.1, 0.15) is 5.69 Å². The average Bonchev–Trinajstić information content (AvgIpc) is 3.06. The van der Waals surface area contributed by atoms with Crippen LogP contribution >= 0.6 is 15.9 Å². The van der Waals surface area contributed by atoms with E-state index in [1.165, 1.54) is 16.8 Å². The minimum Gasteiger partial charge on any atom is -0.330 e. The summed E-state index contributed by atoms with van der Waals surface area (Å²) < 4.78 is 2.38. The van der Waals surface area contributed by atoms with Crippen LogP contribution in [-0.4, -0.2) is 27.1 Å². The first kappa shape index (κ1) is 16.9. The molecule has 0 saturated carbocycles. The van der Waals surface area contributed by atoms with Crippen LogP contribution in [0.15, 0.2) is 45.7 Å². The van der Waals surface area contributed by atoms with Crippen LogP contribution in [0.5, 0.6) is 0 Å². The fraction of sp³-hybridized carbons (Fsp3) is 0.389. The van der Waals surface area contributed by atoms with Crippen molar-refractivity contribution in [1.82, 2.24) is 14.7 Å². The summed E-state index contributed by atoms with van der Waals surface area (Å²) in [6.07, 6.45) is 2.71. The van der Waals surface area contributed by atoms with E-state index in [9.17, 15) is 9.59 Å². The molecule has 3 rings (SSSR count). The third kappa shape index (κ3) is 3.43. The zero-order valence-corrected chi connectivity index (χ0v) is 15.2. The van der Waals surface area contributed by atoms with Crippen LogP contribution < -0.4 is 5.56 Å². The molecule has 2 aromatic rings. The van der Waals surface area contributed by atoms with E-state index in [2.05, 4.69) is 27.1 Å². The molecule has 1 fully saturated rings. The van der Waals surface area contributed by atoms with Gasteiger partial charge in [0.2, 0.25) is 0 Å². The van der Waals surface area contributed by atoms with Gasteiger partial charge in [-0.05, 0) is 43.0 Å². The highest BCUT2D eigenvalue weighted by atomic mass is 79.9. The van der Waals surface area contributed by atoms with Crippen molar-refractivity contribution in [2.45, 2.75) is 38.8 Å². The molecule has 6 heteroatoms. The summed E-state index contributed by atoms with van der Waals surface area (Å²) in [4.78, 5) is 26.6. The maximum atomic E-state index is 12.9. The predicted octanol–water partition coefficient (Wildman–Crippen LogP) is 3.39. The molecule has 1 aromatic heterocycles. The molecule has 1 unspecified atom stereocenters. The fourth-order valence-corrected chi connectivity index (χ4v) is 3.57. The number of nitrogens with zero attached hydrogens (tertiary/aromatic N) is 3. The van der Waals surface area contributed by atoms with E-state index in [1.807, 2.05) is 30.0 Å². The topological polar surface area (TPSA) is 55.2 Å². The lowest BCUT2D eigenvalue weighted by atomic mass is 10.0. The van der Waals surface area contributed by atoms with E-state index < -0.39 is 0 Å². The molecule has 2 heterocycles. The van der Waals surface area contributed by atoms with E-state index in [4.69, 9.17) is 0 Å². The van der Waals surface area contributed by atoms with Gasteiger partial charge in [-0.2, -0.15) is 5.10 Å². The smallest absolute Gasteiger partial charge is 0.274 e. The summed E-state index contributed by atoms with van der Waals surface area (Å²) in [7, 11) is 0. The zero-order chi connectivity index (χ0) is 17.1. The summed E-state index contributed by atoms with van der Waals surface area (Å²) in [6.45, 7) is 3.21. The number of rotatable bonds is 4. The second-order valence-corrected chi connectivity index (χ2v) is 6.91. The van der Waals surface area contributed by atoms with Crippen LogP contribution in [0.1, 0.15) is 48.3 Å². The highest BCUT2D eigenvalue weighted by molar-refractivity contribution is 9.10. The molecule has 1 saturated heterocycles. The fourth-order valence-electron chi connectivity index (χ4n) is 3.15. The van der Waals surface area contributed by atoms with Crippen LogP contribution in [0.25, 0.3) is 0 Å². The lowest BCUT2D eigenvalue weighted by Crippen LogP contribution is -2.33. The molecule has 0 bridgehead atoms. The average molecular weight is 390 g/mol. The quantitative estimate of drug-likeness (QED) is 0.804. The van der Waals surface area contributed by atoms with Crippen molar-refractivity contribution in [2.24, 2.45) is 0 Å². The maximum absolute atomic E-state index is 12.9. The molecule has 1 aliphatic rings. The first-order valence-corrected chi connectivity index (χ1v) is 9.04. The molecule has 0 radical (unpaired) electrons. The van der Waals surface area contributed by atoms with Crippen molar-refractivity contribution in [1.29, 1.82) is 0 Å². The van der Waals surface area contributed by atoms with Crippen LogP contribution in [0, 0.1) is 0 Å². The third-order valence-electron chi connectivity index (χ3n) is 4.27. The highest BCUT2D eigenvalue weighted by Crippen LogP contribution is 2.33. The third-order valence-corrected chi connectivity index (χ3v) is 4.76. The number of likely N-dealkylation sites (tertiary alicyclic amines) is 1. The molecular weight excluding hydrogens is 370 g/mol. The molecule has 0 spiro atoms. The SMILES string of the molecule is CCCn1nc(C(=O)N2CCCC2c2cccc(Br)c2)ccc1=O. The lowest BCUT2D eigenvalue weighted by molar-refractivity contribution is 0.0726. The normalized spacial score (nSPS) is 17.2. The highest BCUT2D eigenvalue weighted by Gasteiger charge is 2.31. The van der Waals surface area contributed by atoms with Crippen molar-refractivity contribution < 1.29 is 4.79 Å². The molecule has 1 amide bonds. The van der Waals surface area contributed by atoms with E-state index in [0.717, 1.165) is 29.3 Å². The summed E-state index contributed by atoms with van der Waals surface area (Å²) >= 11 is 3.49. The van der Waals surface area contributed by atoms with Gasteiger partial charge >= 0.3 is 0 Å². The Labute approximate surface area is 149 Å². The number of hydrogen-bond donors (Lipinski definition) is 0. The number of carbonyl (C=O) groups excluding carboxylic acids is 1. The van der Waals surface area contributed by atoms with Gasteiger partial charge in [0, 0.05) is 23.6 Å². The van der Waals surface area contributed by atoms with Gasteiger partial charge in [0.25, 0.3) is 11.5 Å². The predicted molar refractivity (Wildman–Crippen MR) is 95.9 cm³/mol. The Morgan fingerprint density at radius 2 is 2.17 bits per heavy atom. The van der Waals surface area contributed by atoms with Crippen molar-refractivity contribution in [3.63, 3.8) is 0 Å². The summed E-state index contributed by atoms with van der Waals surface area (Å²) in [5.41, 5.74) is 1.29. The van der Waals surface area contributed by atoms with Gasteiger partial charge in [-0.3, -0.25) is 9.59 Å². The first-order chi connectivity index (χ1) is 11.6. The number of aryl methyl sites for hydroxylation is 1. The molecule has 0 aliphatic carbocycles. The van der Waals surface area contributed by atoms with E-state index in [1.54, 1.807) is 0 Å². The van der Waals surface area contributed by atoms with Crippen LogP contribution in [0.3, 0.4) is 0 Å². The van der Waals surface area contributed by atoms with Gasteiger partial charge in [-0.1, -0.05) is 35.0 Å². The van der Waals surface area contributed by atoms with Crippen molar-refractivity contribution >= 4 is 21.8 Å². The maximum Gasteiger partial charge on any atom is 0.274 e. The number of halogens is 1. The summed E-state index contributed by atoms with van der Waals surface area (Å²) in [5.74, 6) is -0.109. The van der Waals surface area contributed by atoms with Gasteiger partial charge in [0.15, 0.2) is 0 Å². The molecule has 24 heavy (non-hydrogen) atoms. The molecule has 1 atom stereocenters. The van der Waals surface area contributed by atoms with Crippen molar-refractivity contribution in [3.8, 4) is 0 Å². The minimum absolute atomic E-state index is 0.0587.